The first-order chi connectivity index (χ1) is 19.5. The molecule has 200 valence electrons. The van der Waals surface area contributed by atoms with Gasteiger partial charge in [0.1, 0.15) is 0 Å². The average molecular weight is 610 g/mol. The van der Waals surface area contributed by atoms with Crippen LogP contribution in [0.4, 0.5) is 0 Å². The molecule has 1 atom stereocenters. The number of hydrogen-bond acceptors (Lipinski definition) is 3. The SMILES string of the molecule is Cc1ccc(S(=O)(=O)N(N=Cc2ccc(-c3ccccc3)cc2)C(C[Se]c2ccccc2)c2ccccc2)cc1. The summed E-state index contributed by atoms with van der Waals surface area (Å²) in [5.41, 5.74) is 4.95. The van der Waals surface area contributed by atoms with Crippen LogP contribution in [0.25, 0.3) is 11.1 Å². The zero-order valence-electron chi connectivity index (χ0n) is 22.2. The predicted molar refractivity (Wildman–Crippen MR) is 165 cm³/mol. The fraction of sp³-hybridized carbons (Fsp3) is 0.0882. The van der Waals surface area contributed by atoms with Crippen LogP contribution in [-0.2, 0) is 10.0 Å². The zero-order valence-corrected chi connectivity index (χ0v) is 24.7. The van der Waals surface area contributed by atoms with E-state index in [2.05, 4.69) is 29.4 Å². The van der Waals surface area contributed by atoms with E-state index >= 15 is 0 Å². The van der Waals surface area contributed by atoms with Crippen molar-refractivity contribution in [2.45, 2.75) is 23.2 Å². The van der Waals surface area contributed by atoms with Gasteiger partial charge in [-0.15, -0.1) is 0 Å². The van der Waals surface area contributed by atoms with E-state index in [1.165, 1.54) is 8.88 Å². The van der Waals surface area contributed by atoms with Crippen LogP contribution in [0.3, 0.4) is 0 Å². The Morgan fingerprint density at radius 3 is 1.88 bits per heavy atom. The molecular formula is C34H30N2O2SSe. The fourth-order valence-corrected chi connectivity index (χ4v) is 8.08. The summed E-state index contributed by atoms with van der Waals surface area (Å²) in [5.74, 6) is 0. The number of benzene rings is 5. The molecule has 0 radical (unpaired) electrons. The Hall–Kier alpha value is -3.96. The van der Waals surface area contributed by atoms with Crippen LogP contribution in [0.1, 0.15) is 22.7 Å². The summed E-state index contributed by atoms with van der Waals surface area (Å²) in [6.45, 7) is 1.95. The van der Waals surface area contributed by atoms with Gasteiger partial charge in [-0.2, -0.15) is 0 Å². The molecule has 5 rings (SSSR count). The number of rotatable bonds is 10. The van der Waals surface area contributed by atoms with Gasteiger partial charge < -0.3 is 0 Å². The molecule has 1 unspecified atom stereocenters. The minimum atomic E-state index is -3.95. The minimum absolute atomic E-state index is 0.0374. The third-order valence-electron chi connectivity index (χ3n) is 6.51. The van der Waals surface area contributed by atoms with Gasteiger partial charge >= 0.3 is 238 Å². The molecule has 0 aliphatic rings. The van der Waals surface area contributed by atoms with Crippen molar-refractivity contribution in [1.82, 2.24) is 4.41 Å². The number of hydrogen-bond donors (Lipinski definition) is 0. The van der Waals surface area contributed by atoms with Crippen LogP contribution in [-0.4, -0.2) is 34.0 Å². The third kappa shape index (κ3) is 6.78. The summed E-state index contributed by atoms with van der Waals surface area (Å²) in [4.78, 5) is 0.225. The molecule has 6 heteroatoms. The third-order valence-corrected chi connectivity index (χ3v) is 10.5. The van der Waals surface area contributed by atoms with Gasteiger partial charge in [0.05, 0.1) is 0 Å². The Balaban J connectivity index is 1.53. The van der Waals surface area contributed by atoms with Crippen molar-refractivity contribution in [3.8, 4) is 11.1 Å². The molecule has 0 aliphatic heterocycles. The van der Waals surface area contributed by atoms with Crippen LogP contribution in [0.2, 0.25) is 5.32 Å². The molecule has 0 N–H and O–H groups in total. The van der Waals surface area contributed by atoms with Gasteiger partial charge in [-0.05, 0) is 0 Å². The molecule has 4 nitrogen and oxygen atoms in total. The van der Waals surface area contributed by atoms with Crippen molar-refractivity contribution in [3.05, 3.63) is 156 Å². The number of sulfonamides is 1. The first-order valence-corrected chi connectivity index (χ1v) is 16.5. The van der Waals surface area contributed by atoms with E-state index in [0.717, 1.165) is 27.8 Å². The molecule has 0 saturated carbocycles. The summed E-state index contributed by atoms with van der Waals surface area (Å²) in [6, 6.07) is 44.7. The standard InChI is InChI=1S/C34H30N2O2SSe/c1-27-17-23-32(24-18-27)39(37,38)36(35-25-28-19-21-30(22-20-28)29-11-5-2-6-12-29)34(31-13-7-3-8-14-31)26-40-33-15-9-4-10-16-33/h2-25,34H,26H2,1H3. The van der Waals surface area contributed by atoms with Crippen molar-refractivity contribution < 1.29 is 8.42 Å². The van der Waals surface area contributed by atoms with E-state index in [1.54, 1.807) is 18.3 Å². The van der Waals surface area contributed by atoms with Gasteiger partial charge in [-0.1, -0.05) is 6.07 Å². The van der Waals surface area contributed by atoms with E-state index in [9.17, 15) is 8.42 Å². The van der Waals surface area contributed by atoms with Gasteiger partial charge in [-0.3, -0.25) is 0 Å². The predicted octanol–water partition coefficient (Wildman–Crippen LogP) is 6.88. The van der Waals surface area contributed by atoms with Gasteiger partial charge in [0.2, 0.25) is 0 Å². The molecule has 0 fully saturated rings. The van der Waals surface area contributed by atoms with Crippen LogP contribution in [0.15, 0.2) is 150 Å². The van der Waals surface area contributed by atoms with Crippen molar-refractivity contribution in [2.24, 2.45) is 5.10 Å². The summed E-state index contributed by atoms with van der Waals surface area (Å²) in [5, 5.41) is 5.32. The maximum absolute atomic E-state index is 14.1. The fourth-order valence-electron chi connectivity index (χ4n) is 4.30. The molecule has 0 saturated heterocycles. The van der Waals surface area contributed by atoms with Crippen molar-refractivity contribution in [3.63, 3.8) is 0 Å². The van der Waals surface area contributed by atoms with Crippen LogP contribution < -0.4 is 4.46 Å². The molecule has 40 heavy (non-hydrogen) atoms. The van der Waals surface area contributed by atoms with E-state index in [0.29, 0.717) is 5.32 Å². The first-order valence-electron chi connectivity index (χ1n) is 13.0. The van der Waals surface area contributed by atoms with Crippen molar-refractivity contribution in [1.29, 1.82) is 0 Å². The van der Waals surface area contributed by atoms with Crippen molar-refractivity contribution in [2.75, 3.05) is 0 Å². The topological polar surface area (TPSA) is 49.7 Å². The quantitative estimate of drug-likeness (QED) is 0.0986. The molecule has 5 aromatic carbocycles. The monoisotopic (exact) mass is 610 g/mol. The summed E-state index contributed by atoms with van der Waals surface area (Å²) in [7, 11) is -3.95. The molecule has 0 spiro atoms. The van der Waals surface area contributed by atoms with Crippen LogP contribution >= 0.6 is 0 Å². The van der Waals surface area contributed by atoms with E-state index < -0.39 is 16.1 Å². The van der Waals surface area contributed by atoms with E-state index in [4.69, 9.17) is 0 Å². The summed E-state index contributed by atoms with van der Waals surface area (Å²) < 4.78 is 30.8. The summed E-state index contributed by atoms with van der Waals surface area (Å²) >= 11 is 0.0374. The molecule has 0 aromatic heterocycles. The molecule has 0 aliphatic carbocycles. The average Bonchev–Trinajstić information content (AvgIpc) is 3.00. The van der Waals surface area contributed by atoms with Crippen LogP contribution in [0, 0.1) is 6.92 Å². The van der Waals surface area contributed by atoms with Gasteiger partial charge in [0.25, 0.3) is 0 Å². The number of nitrogens with zero attached hydrogens (tertiary/aromatic N) is 2. The Kier molecular flexibility index (Phi) is 8.92. The number of aryl methyl sites for hydroxylation is 1. The molecule has 0 heterocycles. The van der Waals surface area contributed by atoms with Crippen LogP contribution in [0.5, 0.6) is 0 Å². The van der Waals surface area contributed by atoms with Crippen molar-refractivity contribution >= 4 is 35.7 Å². The molecule has 0 amide bonds. The Bertz CT molecular complexity index is 1640. The number of hydrazone groups is 1. The van der Waals surface area contributed by atoms with Gasteiger partial charge in [0.15, 0.2) is 0 Å². The second kappa shape index (κ2) is 12.9. The maximum atomic E-state index is 14.1. The second-order valence-electron chi connectivity index (χ2n) is 9.37. The Labute approximate surface area is 243 Å². The second-order valence-corrected chi connectivity index (χ2v) is 13.5. The van der Waals surface area contributed by atoms with E-state index in [1.807, 2.05) is 110 Å². The normalized spacial score (nSPS) is 12.3. The molecular weight excluding hydrogens is 579 g/mol. The zero-order chi connectivity index (χ0) is 27.8. The van der Waals surface area contributed by atoms with Gasteiger partial charge in [0, 0.05) is 0 Å². The Morgan fingerprint density at radius 2 is 1.25 bits per heavy atom. The first kappa shape index (κ1) is 27.6. The van der Waals surface area contributed by atoms with E-state index in [-0.39, 0.29) is 19.9 Å². The van der Waals surface area contributed by atoms with Gasteiger partial charge in [-0.25, -0.2) is 0 Å². The molecule has 5 aromatic rings. The Morgan fingerprint density at radius 1 is 0.700 bits per heavy atom. The molecule has 0 bridgehead atoms. The summed E-state index contributed by atoms with van der Waals surface area (Å²) in [6.07, 6.45) is 1.64.